The number of hydrogen-bond donors (Lipinski definition) is 3. The summed E-state index contributed by atoms with van der Waals surface area (Å²) >= 11 is 2.14. The number of amides is 1. The summed E-state index contributed by atoms with van der Waals surface area (Å²) in [5, 5.41) is 20.9. The second-order valence-electron chi connectivity index (χ2n) is 5.02. The van der Waals surface area contributed by atoms with Crippen molar-refractivity contribution < 1.29 is 4.79 Å². The monoisotopic (exact) mass is 383 g/mol. The van der Waals surface area contributed by atoms with Crippen LogP contribution < -0.4 is 16.6 Å². The highest BCUT2D eigenvalue weighted by Gasteiger charge is 2.17. The average molecular weight is 383 g/mol. The smallest absolute Gasteiger partial charge is 0.325 e. The van der Waals surface area contributed by atoms with Crippen LogP contribution in [0.1, 0.15) is 11.1 Å². The normalized spacial score (nSPS) is 10.2. The molecule has 0 bridgehead atoms. The predicted octanol–water partition coefficient (Wildman–Crippen LogP) is 1.75. The molecule has 0 atom stereocenters. The molecule has 8 nitrogen and oxygen atoms in total. The third kappa shape index (κ3) is 3.52. The van der Waals surface area contributed by atoms with Crippen LogP contribution in [0.3, 0.4) is 0 Å². The summed E-state index contributed by atoms with van der Waals surface area (Å²) in [6.45, 7) is 0. The summed E-state index contributed by atoms with van der Waals surface area (Å²) in [5.74, 6) is -0.325. The van der Waals surface area contributed by atoms with E-state index < -0.39 is 11.2 Å². The fourth-order valence-corrected chi connectivity index (χ4v) is 4.31. The van der Waals surface area contributed by atoms with Gasteiger partial charge in [-0.3, -0.25) is 14.6 Å². The summed E-state index contributed by atoms with van der Waals surface area (Å²) in [4.78, 5) is 39.9. The van der Waals surface area contributed by atoms with Crippen molar-refractivity contribution in [3.05, 3.63) is 56.2 Å². The highest BCUT2D eigenvalue weighted by Crippen LogP contribution is 2.34. The van der Waals surface area contributed by atoms with Crippen LogP contribution in [-0.4, -0.2) is 21.6 Å². The number of carbonyl (C=O) groups is 1. The number of rotatable bonds is 4. The highest BCUT2D eigenvalue weighted by atomic mass is 32.2. The molecule has 0 fully saturated rings. The second-order valence-corrected chi connectivity index (χ2v) is 7.28. The van der Waals surface area contributed by atoms with Gasteiger partial charge in [-0.2, -0.15) is 10.5 Å². The molecule has 10 heteroatoms. The minimum absolute atomic E-state index is 0.000417. The maximum atomic E-state index is 12.1. The molecule has 0 aliphatic heterocycles. The van der Waals surface area contributed by atoms with Gasteiger partial charge < -0.3 is 10.3 Å². The quantitative estimate of drug-likeness (QED) is 0.586. The molecule has 0 unspecified atom stereocenters. The van der Waals surface area contributed by atoms with Gasteiger partial charge in [-0.05, 0) is 18.2 Å². The molecule has 3 aromatic rings. The van der Waals surface area contributed by atoms with Crippen LogP contribution >= 0.6 is 23.1 Å². The average Bonchev–Trinajstić information content (AvgIpc) is 2.98. The van der Waals surface area contributed by atoms with Crippen molar-refractivity contribution in [2.75, 3.05) is 11.1 Å². The van der Waals surface area contributed by atoms with Crippen LogP contribution in [0.4, 0.5) is 5.69 Å². The number of thiophene rings is 1. The largest absolute Gasteiger partial charge is 0.326 e. The van der Waals surface area contributed by atoms with Gasteiger partial charge in [-0.1, -0.05) is 6.07 Å². The number of fused-ring (bicyclic) bond motifs is 1. The van der Waals surface area contributed by atoms with E-state index in [1.54, 1.807) is 24.3 Å². The molecule has 3 N–H and O–H groups in total. The van der Waals surface area contributed by atoms with Crippen LogP contribution in [0.2, 0.25) is 0 Å². The van der Waals surface area contributed by atoms with E-state index in [2.05, 4.69) is 15.3 Å². The van der Waals surface area contributed by atoms with Crippen molar-refractivity contribution in [3.63, 3.8) is 0 Å². The number of H-pyrrole nitrogens is 2. The molecule has 26 heavy (non-hydrogen) atoms. The first kappa shape index (κ1) is 17.5. The molecule has 1 amide bonds. The van der Waals surface area contributed by atoms with E-state index in [9.17, 15) is 19.6 Å². The van der Waals surface area contributed by atoms with Crippen LogP contribution in [0.5, 0.6) is 0 Å². The number of nitriles is 2. The van der Waals surface area contributed by atoms with Crippen molar-refractivity contribution in [2.45, 2.75) is 4.21 Å². The maximum Gasteiger partial charge on any atom is 0.326 e. The number of benzene rings is 1. The van der Waals surface area contributed by atoms with Gasteiger partial charge in [0.25, 0.3) is 5.56 Å². The van der Waals surface area contributed by atoms with E-state index in [4.69, 9.17) is 5.26 Å². The number of aromatic amines is 2. The van der Waals surface area contributed by atoms with Crippen LogP contribution in [-0.2, 0) is 4.79 Å². The minimum Gasteiger partial charge on any atom is -0.325 e. The highest BCUT2D eigenvalue weighted by molar-refractivity contribution is 8.02. The molecule has 0 aliphatic carbocycles. The Bertz CT molecular complexity index is 1210. The summed E-state index contributed by atoms with van der Waals surface area (Å²) < 4.78 is 0.696. The van der Waals surface area contributed by atoms with Gasteiger partial charge in [-0.15, -0.1) is 23.1 Å². The Morgan fingerprint density at radius 1 is 1.23 bits per heavy atom. The molecular weight excluding hydrogens is 374 g/mol. The van der Waals surface area contributed by atoms with E-state index in [1.807, 2.05) is 12.1 Å². The van der Waals surface area contributed by atoms with Crippen LogP contribution in [0.15, 0.2) is 38.1 Å². The third-order valence-electron chi connectivity index (χ3n) is 3.27. The molecule has 128 valence electrons. The Morgan fingerprint density at radius 2 is 2.04 bits per heavy atom. The number of nitrogens with zero attached hydrogens (tertiary/aromatic N) is 2. The SMILES string of the molecule is N#Cc1cccc(NC(=O)CSc2sc3c(=O)[nH]c(=O)[nH]c3c2C#N)c1. The lowest BCUT2D eigenvalue weighted by Crippen LogP contribution is -2.20. The first-order valence-electron chi connectivity index (χ1n) is 7.14. The predicted molar refractivity (Wildman–Crippen MR) is 98.3 cm³/mol. The van der Waals surface area contributed by atoms with Crippen LogP contribution in [0.25, 0.3) is 10.2 Å². The molecule has 2 heterocycles. The summed E-state index contributed by atoms with van der Waals surface area (Å²) in [6, 6.07) is 10.4. The first-order chi connectivity index (χ1) is 12.5. The first-order valence-corrected chi connectivity index (χ1v) is 8.94. The van der Waals surface area contributed by atoms with Gasteiger partial charge in [0.15, 0.2) is 0 Å². The van der Waals surface area contributed by atoms with Gasteiger partial charge >= 0.3 is 5.69 Å². The van der Waals surface area contributed by atoms with Gasteiger partial charge in [0.2, 0.25) is 5.91 Å². The van der Waals surface area contributed by atoms with Gasteiger partial charge in [0.05, 0.1) is 27.1 Å². The molecule has 0 aliphatic rings. The molecule has 2 aromatic heterocycles. The number of nitrogens with one attached hydrogen (secondary N) is 3. The maximum absolute atomic E-state index is 12.1. The fraction of sp³-hybridized carbons (Fsp3) is 0.0625. The Labute approximate surface area is 154 Å². The summed E-state index contributed by atoms with van der Waals surface area (Å²) in [5.41, 5.74) is -0.00567. The van der Waals surface area contributed by atoms with E-state index in [0.717, 1.165) is 23.1 Å². The van der Waals surface area contributed by atoms with Crippen molar-refractivity contribution in [2.24, 2.45) is 0 Å². The standard InChI is InChI=1S/C16H9N5O3S2/c17-5-8-2-1-3-9(4-8)19-11(22)7-25-15-10(6-18)12-13(26-15)14(23)21-16(24)20-12/h1-4H,7H2,(H,19,22)(H2,20,21,23,24). The lowest BCUT2D eigenvalue weighted by Gasteiger charge is -2.04. The summed E-state index contributed by atoms with van der Waals surface area (Å²) in [6.07, 6.45) is 0. The molecule has 0 spiro atoms. The minimum atomic E-state index is -0.691. The third-order valence-corrected chi connectivity index (χ3v) is 5.73. The molecule has 1 aromatic carbocycles. The Kier molecular flexibility index (Phi) is 4.89. The van der Waals surface area contributed by atoms with Crippen molar-refractivity contribution in [1.82, 2.24) is 9.97 Å². The Balaban J connectivity index is 1.79. The number of carbonyl (C=O) groups excluding carboxylic acids is 1. The number of aromatic nitrogens is 2. The Hall–Kier alpha value is -3.34. The number of thioether (sulfide) groups is 1. The van der Waals surface area contributed by atoms with Crippen molar-refractivity contribution >= 4 is 44.9 Å². The van der Waals surface area contributed by atoms with E-state index >= 15 is 0 Å². The van der Waals surface area contributed by atoms with E-state index in [0.29, 0.717) is 15.5 Å². The lowest BCUT2D eigenvalue weighted by molar-refractivity contribution is -0.113. The fourth-order valence-electron chi connectivity index (χ4n) is 2.19. The second kappa shape index (κ2) is 7.27. The number of hydrogen-bond acceptors (Lipinski definition) is 7. The molecule has 0 saturated heterocycles. The molecule has 3 rings (SSSR count). The van der Waals surface area contributed by atoms with Gasteiger partial charge in [0.1, 0.15) is 16.3 Å². The van der Waals surface area contributed by atoms with E-state index in [-0.39, 0.29) is 27.4 Å². The zero-order chi connectivity index (χ0) is 18.7. The van der Waals surface area contributed by atoms with E-state index in [1.165, 1.54) is 0 Å². The molecule has 0 radical (unpaired) electrons. The van der Waals surface area contributed by atoms with Gasteiger partial charge in [-0.25, -0.2) is 4.79 Å². The topological polar surface area (TPSA) is 142 Å². The zero-order valence-electron chi connectivity index (χ0n) is 13.0. The zero-order valence-corrected chi connectivity index (χ0v) is 14.6. The lowest BCUT2D eigenvalue weighted by atomic mass is 10.2. The van der Waals surface area contributed by atoms with Crippen molar-refractivity contribution in [3.8, 4) is 12.1 Å². The molecule has 0 saturated carbocycles. The summed E-state index contributed by atoms with van der Waals surface area (Å²) in [7, 11) is 0. The van der Waals surface area contributed by atoms with Gasteiger partial charge in [0, 0.05) is 5.69 Å². The number of anilines is 1. The van der Waals surface area contributed by atoms with Crippen molar-refractivity contribution in [1.29, 1.82) is 10.5 Å². The van der Waals surface area contributed by atoms with Crippen LogP contribution in [0, 0.1) is 22.7 Å². The molecular formula is C16H9N5O3S2. The Morgan fingerprint density at radius 3 is 2.77 bits per heavy atom.